The first-order valence-electron chi connectivity index (χ1n) is 9.85. The van der Waals surface area contributed by atoms with Gasteiger partial charge in [0.2, 0.25) is 17.7 Å². The maximum absolute atomic E-state index is 12.4. The Morgan fingerprint density at radius 1 is 1.12 bits per heavy atom. The maximum atomic E-state index is 12.4. The molecule has 2 saturated heterocycles. The molecule has 1 N–H and O–H groups in total. The van der Waals surface area contributed by atoms with Gasteiger partial charge in [-0.05, 0) is 26.7 Å². The SMILES string of the molecule is CC(C)(CNC(=O)CCN1C(=O)[C@H]2CCCC[C@H]2C1=O)N1CCOCC1. The van der Waals surface area contributed by atoms with E-state index in [-0.39, 0.29) is 48.1 Å². The number of carbonyl (C=O) groups excluding carboxylic acids is 3. The third kappa shape index (κ3) is 4.09. The van der Waals surface area contributed by atoms with Crippen LogP contribution in [0.3, 0.4) is 0 Å². The van der Waals surface area contributed by atoms with Gasteiger partial charge in [-0.25, -0.2) is 0 Å². The molecule has 7 nitrogen and oxygen atoms in total. The van der Waals surface area contributed by atoms with E-state index in [4.69, 9.17) is 4.74 Å². The minimum atomic E-state index is -0.145. The zero-order valence-electron chi connectivity index (χ0n) is 16.0. The van der Waals surface area contributed by atoms with Crippen LogP contribution in [0.2, 0.25) is 0 Å². The monoisotopic (exact) mass is 365 g/mol. The van der Waals surface area contributed by atoms with Crippen molar-refractivity contribution in [3.8, 4) is 0 Å². The molecule has 0 unspecified atom stereocenters. The van der Waals surface area contributed by atoms with Crippen molar-refractivity contribution in [1.82, 2.24) is 15.1 Å². The maximum Gasteiger partial charge on any atom is 0.233 e. The van der Waals surface area contributed by atoms with Crippen molar-refractivity contribution in [1.29, 1.82) is 0 Å². The molecule has 3 amide bonds. The number of nitrogens with zero attached hydrogens (tertiary/aromatic N) is 2. The molecule has 0 aromatic rings. The number of nitrogens with one attached hydrogen (secondary N) is 1. The molecule has 0 radical (unpaired) electrons. The summed E-state index contributed by atoms with van der Waals surface area (Å²) in [5.41, 5.74) is -0.145. The second kappa shape index (κ2) is 8.05. The van der Waals surface area contributed by atoms with Crippen molar-refractivity contribution in [3.05, 3.63) is 0 Å². The molecule has 1 aliphatic carbocycles. The highest BCUT2D eigenvalue weighted by Crippen LogP contribution is 2.37. The van der Waals surface area contributed by atoms with Crippen LogP contribution in [0.15, 0.2) is 0 Å². The van der Waals surface area contributed by atoms with Crippen molar-refractivity contribution in [2.75, 3.05) is 39.4 Å². The minimum absolute atomic E-state index is 0.0684. The minimum Gasteiger partial charge on any atom is -0.379 e. The molecule has 7 heteroatoms. The van der Waals surface area contributed by atoms with Crippen LogP contribution in [0.25, 0.3) is 0 Å². The first-order chi connectivity index (χ1) is 12.4. The van der Waals surface area contributed by atoms with Gasteiger partial charge >= 0.3 is 0 Å². The zero-order chi connectivity index (χ0) is 18.7. The predicted molar refractivity (Wildman–Crippen MR) is 96.3 cm³/mol. The number of imide groups is 1. The number of hydrogen-bond acceptors (Lipinski definition) is 5. The van der Waals surface area contributed by atoms with Crippen LogP contribution in [0.5, 0.6) is 0 Å². The first-order valence-corrected chi connectivity index (χ1v) is 9.85. The van der Waals surface area contributed by atoms with Gasteiger partial charge in [-0.3, -0.25) is 24.2 Å². The van der Waals surface area contributed by atoms with Crippen LogP contribution < -0.4 is 5.32 Å². The van der Waals surface area contributed by atoms with Crippen LogP contribution in [0.4, 0.5) is 0 Å². The van der Waals surface area contributed by atoms with E-state index < -0.39 is 0 Å². The molecule has 146 valence electrons. The summed E-state index contributed by atoms with van der Waals surface area (Å²) >= 11 is 0. The van der Waals surface area contributed by atoms with E-state index in [9.17, 15) is 14.4 Å². The van der Waals surface area contributed by atoms with E-state index in [1.807, 2.05) is 0 Å². The van der Waals surface area contributed by atoms with Crippen LogP contribution in [-0.2, 0) is 19.1 Å². The number of likely N-dealkylation sites (tertiary alicyclic amines) is 1. The first kappa shape index (κ1) is 19.3. The topological polar surface area (TPSA) is 79.0 Å². The highest BCUT2D eigenvalue weighted by atomic mass is 16.5. The third-order valence-corrected chi connectivity index (χ3v) is 6.08. The molecular weight excluding hydrogens is 334 g/mol. The van der Waals surface area contributed by atoms with Crippen LogP contribution in [0, 0.1) is 11.8 Å². The second-order valence-corrected chi connectivity index (χ2v) is 8.26. The van der Waals surface area contributed by atoms with E-state index in [1.54, 1.807) is 0 Å². The molecular formula is C19H31N3O4. The molecule has 0 aromatic carbocycles. The van der Waals surface area contributed by atoms with Crippen molar-refractivity contribution < 1.29 is 19.1 Å². The predicted octanol–water partition coefficient (Wildman–Crippen LogP) is 0.779. The summed E-state index contributed by atoms with van der Waals surface area (Å²) < 4.78 is 5.38. The fraction of sp³-hybridized carbons (Fsp3) is 0.842. The molecule has 3 rings (SSSR count). The summed E-state index contributed by atoms with van der Waals surface area (Å²) in [5.74, 6) is -0.525. The largest absolute Gasteiger partial charge is 0.379 e. The fourth-order valence-corrected chi connectivity index (χ4v) is 4.35. The number of rotatable bonds is 6. The van der Waals surface area contributed by atoms with Gasteiger partial charge in [0.15, 0.2) is 0 Å². The summed E-state index contributed by atoms with van der Waals surface area (Å²) in [6.07, 6.45) is 3.84. The fourth-order valence-electron chi connectivity index (χ4n) is 4.35. The number of fused-ring (bicyclic) bond motifs is 1. The number of ether oxygens (including phenoxy) is 1. The molecule has 0 aromatic heterocycles. The van der Waals surface area contributed by atoms with Crippen molar-refractivity contribution in [3.63, 3.8) is 0 Å². The van der Waals surface area contributed by atoms with E-state index in [0.717, 1.165) is 52.0 Å². The van der Waals surface area contributed by atoms with Gasteiger partial charge < -0.3 is 10.1 Å². The van der Waals surface area contributed by atoms with Crippen LogP contribution in [0.1, 0.15) is 46.0 Å². The third-order valence-electron chi connectivity index (χ3n) is 6.08. The van der Waals surface area contributed by atoms with Crippen molar-refractivity contribution in [2.24, 2.45) is 11.8 Å². The lowest BCUT2D eigenvalue weighted by Gasteiger charge is -2.40. The summed E-state index contributed by atoms with van der Waals surface area (Å²) in [4.78, 5) is 40.8. The lowest BCUT2D eigenvalue weighted by molar-refractivity contribution is -0.140. The van der Waals surface area contributed by atoms with Gasteiger partial charge in [0.05, 0.1) is 25.0 Å². The lowest BCUT2D eigenvalue weighted by atomic mass is 9.81. The molecule has 0 spiro atoms. The standard InChI is InChI=1S/C19H31N3O4/c1-19(2,21-9-11-26-12-10-21)13-20-16(23)7-8-22-17(24)14-5-3-4-6-15(14)18(22)25/h14-15H,3-13H2,1-2H3,(H,20,23)/t14-,15+. The summed E-state index contributed by atoms with van der Waals surface area (Å²) in [5, 5.41) is 2.97. The number of carbonyl (C=O) groups is 3. The Bertz CT molecular complexity index is 533. The van der Waals surface area contributed by atoms with E-state index >= 15 is 0 Å². The second-order valence-electron chi connectivity index (χ2n) is 8.26. The van der Waals surface area contributed by atoms with Gasteiger partial charge in [0, 0.05) is 38.1 Å². The molecule has 2 aliphatic heterocycles. The normalized spacial score (nSPS) is 27.5. The highest BCUT2D eigenvalue weighted by molar-refractivity contribution is 6.05. The lowest BCUT2D eigenvalue weighted by Crippen LogP contribution is -2.55. The summed E-state index contributed by atoms with van der Waals surface area (Å²) in [7, 11) is 0. The number of morpholine rings is 1. The molecule has 3 fully saturated rings. The molecule has 1 saturated carbocycles. The number of amides is 3. The molecule has 2 heterocycles. The van der Waals surface area contributed by atoms with E-state index in [0.29, 0.717) is 6.54 Å². The van der Waals surface area contributed by atoms with Crippen molar-refractivity contribution in [2.45, 2.75) is 51.5 Å². The Morgan fingerprint density at radius 2 is 1.69 bits per heavy atom. The molecule has 2 atom stereocenters. The zero-order valence-corrected chi connectivity index (χ0v) is 16.0. The highest BCUT2D eigenvalue weighted by Gasteiger charge is 2.47. The van der Waals surface area contributed by atoms with Gasteiger partial charge in [-0.2, -0.15) is 0 Å². The Morgan fingerprint density at radius 3 is 2.27 bits per heavy atom. The molecule has 3 aliphatic rings. The van der Waals surface area contributed by atoms with E-state index in [1.165, 1.54) is 4.90 Å². The van der Waals surface area contributed by atoms with Gasteiger partial charge in [-0.15, -0.1) is 0 Å². The Hall–Kier alpha value is -1.47. The Labute approximate surface area is 155 Å². The summed E-state index contributed by atoms with van der Waals surface area (Å²) in [6, 6.07) is 0. The van der Waals surface area contributed by atoms with Crippen LogP contribution >= 0.6 is 0 Å². The molecule has 26 heavy (non-hydrogen) atoms. The number of hydrogen-bond donors (Lipinski definition) is 1. The average Bonchev–Trinajstić information content (AvgIpc) is 2.90. The quantitative estimate of drug-likeness (QED) is 0.704. The van der Waals surface area contributed by atoms with Crippen LogP contribution in [-0.4, -0.2) is 72.5 Å². The van der Waals surface area contributed by atoms with Gasteiger partial charge in [0.25, 0.3) is 0 Å². The summed E-state index contributed by atoms with van der Waals surface area (Å²) in [6.45, 7) is 8.13. The Balaban J connectivity index is 1.45. The van der Waals surface area contributed by atoms with Crippen molar-refractivity contribution >= 4 is 17.7 Å². The Kier molecular flexibility index (Phi) is 5.97. The smallest absolute Gasteiger partial charge is 0.233 e. The average molecular weight is 365 g/mol. The van der Waals surface area contributed by atoms with Gasteiger partial charge in [0.1, 0.15) is 0 Å². The van der Waals surface area contributed by atoms with Gasteiger partial charge in [-0.1, -0.05) is 12.8 Å². The van der Waals surface area contributed by atoms with E-state index in [2.05, 4.69) is 24.1 Å². The molecule has 0 bridgehead atoms.